The van der Waals surface area contributed by atoms with Gasteiger partial charge >= 0.3 is 6.03 Å². The Labute approximate surface area is 163 Å². The van der Waals surface area contributed by atoms with E-state index < -0.39 is 0 Å². The summed E-state index contributed by atoms with van der Waals surface area (Å²) in [6.07, 6.45) is 7.22. The van der Waals surface area contributed by atoms with Crippen LogP contribution in [0.2, 0.25) is 0 Å². The first-order valence-electron chi connectivity index (χ1n) is 9.26. The monoisotopic (exact) mass is 378 g/mol. The van der Waals surface area contributed by atoms with Crippen molar-refractivity contribution in [3.63, 3.8) is 0 Å². The van der Waals surface area contributed by atoms with Gasteiger partial charge in [-0.25, -0.2) is 14.8 Å². The summed E-state index contributed by atoms with van der Waals surface area (Å²) in [5.41, 5.74) is 2.61. The highest BCUT2D eigenvalue weighted by Crippen LogP contribution is 2.33. The predicted molar refractivity (Wildman–Crippen MR) is 107 cm³/mol. The number of anilines is 3. The Morgan fingerprint density at radius 3 is 2.79 bits per heavy atom. The summed E-state index contributed by atoms with van der Waals surface area (Å²) < 4.78 is 1.77. The standard InChI is InChI=1S/C19H22N8O/c1-3-26-11-4-12-27(19(28)24-17-13-20-9-10-21-17)18-16(26)6-5-14(23-18)15-7-8-22-25(15)2/h5-10,13H,3-4,11-12H2,1-2H3,(H,21,24,28). The molecule has 9 heteroatoms. The smallest absolute Gasteiger partial charge is 0.328 e. The van der Waals surface area contributed by atoms with Gasteiger partial charge in [0.15, 0.2) is 11.6 Å². The van der Waals surface area contributed by atoms with Crippen LogP contribution in [0.15, 0.2) is 43.0 Å². The van der Waals surface area contributed by atoms with Gasteiger partial charge in [-0.1, -0.05) is 0 Å². The molecule has 0 fully saturated rings. The molecule has 4 rings (SSSR count). The van der Waals surface area contributed by atoms with E-state index in [0.717, 1.165) is 36.6 Å². The predicted octanol–water partition coefficient (Wildman–Crippen LogP) is 2.54. The van der Waals surface area contributed by atoms with E-state index in [1.807, 2.05) is 25.2 Å². The number of carbonyl (C=O) groups is 1. The summed E-state index contributed by atoms with van der Waals surface area (Å²) in [6.45, 7) is 4.38. The molecule has 3 aromatic rings. The van der Waals surface area contributed by atoms with Crippen molar-refractivity contribution in [1.82, 2.24) is 24.7 Å². The fraction of sp³-hybridized carbons (Fsp3) is 0.316. The quantitative estimate of drug-likeness (QED) is 0.753. The first kappa shape index (κ1) is 17.9. The zero-order chi connectivity index (χ0) is 19.5. The fourth-order valence-electron chi connectivity index (χ4n) is 3.37. The lowest BCUT2D eigenvalue weighted by molar-refractivity contribution is 0.256. The van der Waals surface area contributed by atoms with Gasteiger partial charge in [-0.3, -0.25) is 19.9 Å². The van der Waals surface area contributed by atoms with Crippen molar-refractivity contribution in [2.24, 2.45) is 7.05 Å². The molecule has 0 atom stereocenters. The van der Waals surface area contributed by atoms with Crippen LogP contribution >= 0.6 is 0 Å². The molecule has 0 unspecified atom stereocenters. The normalized spacial score (nSPS) is 13.8. The van der Waals surface area contributed by atoms with Gasteiger partial charge in [0, 0.05) is 45.3 Å². The molecule has 1 aliphatic rings. The maximum Gasteiger partial charge on any atom is 0.328 e. The Bertz CT molecular complexity index is 971. The van der Waals surface area contributed by atoms with Gasteiger partial charge in [-0.15, -0.1) is 0 Å². The van der Waals surface area contributed by atoms with E-state index in [-0.39, 0.29) is 6.03 Å². The van der Waals surface area contributed by atoms with Crippen LogP contribution in [0.1, 0.15) is 13.3 Å². The molecule has 0 aliphatic carbocycles. The number of pyridine rings is 1. The number of rotatable bonds is 3. The molecule has 0 radical (unpaired) electrons. The number of urea groups is 1. The third-order valence-electron chi connectivity index (χ3n) is 4.77. The molecule has 0 spiro atoms. The largest absolute Gasteiger partial charge is 0.369 e. The Morgan fingerprint density at radius 1 is 1.18 bits per heavy atom. The molecule has 4 heterocycles. The van der Waals surface area contributed by atoms with E-state index in [9.17, 15) is 4.79 Å². The van der Waals surface area contributed by atoms with Crippen LogP contribution in [0.3, 0.4) is 0 Å². The molecule has 28 heavy (non-hydrogen) atoms. The first-order valence-corrected chi connectivity index (χ1v) is 9.26. The summed E-state index contributed by atoms with van der Waals surface area (Å²) in [7, 11) is 1.87. The number of aryl methyl sites for hydroxylation is 1. The van der Waals surface area contributed by atoms with Gasteiger partial charge in [0.05, 0.1) is 23.3 Å². The second kappa shape index (κ2) is 7.63. The molecule has 9 nitrogen and oxygen atoms in total. The number of amides is 2. The van der Waals surface area contributed by atoms with Crippen molar-refractivity contribution in [1.29, 1.82) is 0 Å². The zero-order valence-electron chi connectivity index (χ0n) is 15.9. The maximum atomic E-state index is 13.0. The zero-order valence-corrected chi connectivity index (χ0v) is 15.9. The molecule has 144 valence electrons. The molecule has 1 N–H and O–H groups in total. The fourth-order valence-corrected chi connectivity index (χ4v) is 3.37. The van der Waals surface area contributed by atoms with Crippen LogP contribution < -0.4 is 15.1 Å². The van der Waals surface area contributed by atoms with Crippen molar-refractivity contribution in [3.05, 3.63) is 43.0 Å². The number of aromatic nitrogens is 5. The Hall–Kier alpha value is -3.49. The second-order valence-electron chi connectivity index (χ2n) is 6.48. The number of nitrogens with zero attached hydrogens (tertiary/aromatic N) is 7. The van der Waals surface area contributed by atoms with Gasteiger partial charge in [0.2, 0.25) is 0 Å². The Balaban J connectivity index is 1.74. The van der Waals surface area contributed by atoms with Crippen LogP contribution in [0.4, 0.5) is 22.1 Å². The molecule has 1 aliphatic heterocycles. The van der Waals surface area contributed by atoms with E-state index in [0.29, 0.717) is 18.2 Å². The highest BCUT2D eigenvalue weighted by Gasteiger charge is 2.27. The van der Waals surface area contributed by atoms with Crippen molar-refractivity contribution in [3.8, 4) is 11.4 Å². The molecule has 0 saturated carbocycles. The second-order valence-corrected chi connectivity index (χ2v) is 6.48. The average Bonchev–Trinajstić information content (AvgIpc) is 3.05. The van der Waals surface area contributed by atoms with Crippen LogP contribution in [0.5, 0.6) is 0 Å². The number of hydrogen-bond acceptors (Lipinski definition) is 6. The van der Waals surface area contributed by atoms with Gasteiger partial charge in [-0.05, 0) is 31.5 Å². The SMILES string of the molecule is CCN1CCCN(C(=O)Nc2cnccn2)c2nc(-c3ccnn3C)ccc21. The van der Waals surface area contributed by atoms with E-state index >= 15 is 0 Å². The lowest BCUT2D eigenvalue weighted by Crippen LogP contribution is -2.36. The molecule has 0 aromatic carbocycles. The molecule has 3 aromatic heterocycles. The van der Waals surface area contributed by atoms with E-state index in [4.69, 9.17) is 4.98 Å². The lowest BCUT2D eigenvalue weighted by Gasteiger charge is -2.25. The van der Waals surface area contributed by atoms with Crippen molar-refractivity contribution < 1.29 is 4.79 Å². The highest BCUT2D eigenvalue weighted by atomic mass is 16.2. The van der Waals surface area contributed by atoms with E-state index in [1.54, 1.807) is 28.2 Å². The summed E-state index contributed by atoms with van der Waals surface area (Å²) >= 11 is 0. The summed E-state index contributed by atoms with van der Waals surface area (Å²) in [6, 6.07) is 5.65. The summed E-state index contributed by atoms with van der Waals surface area (Å²) in [5, 5.41) is 7.04. The topological polar surface area (TPSA) is 92.1 Å². The van der Waals surface area contributed by atoms with Crippen molar-refractivity contribution in [2.45, 2.75) is 13.3 Å². The summed E-state index contributed by atoms with van der Waals surface area (Å²) in [5.74, 6) is 1.05. The minimum absolute atomic E-state index is 0.269. The third kappa shape index (κ3) is 3.38. The number of carbonyl (C=O) groups excluding carboxylic acids is 1. The average molecular weight is 378 g/mol. The molecule has 2 amide bonds. The van der Waals surface area contributed by atoms with E-state index in [2.05, 4.69) is 32.2 Å². The van der Waals surface area contributed by atoms with Crippen LogP contribution in [-0.2, 0) is 7.05 Å². The highest BCUT2D eigenvalue weighted by molar-refractivity contribution is 6.02. The van der Waals surface area contributed by atoms with Crippen LogP contribution in [0.25, 0.3) is 11.4 Å². The number of nitrogens with one attached hydrogen (secondary N) is 1. The summed E-state index contributed by atoms with van der Waals surface area (Å²) in [4.78, 5) is 29.9. The molecular formula is C19H22N8O. The maximum absolute atomic E-state index is 13.0. The Kier molecular flexibility index (Phi) is 4.88. The van der Waals surface area contributed by atoms with Gasteiger partial charge in [0.25, 0.3) is 0 Å². The minimum atomic E-state index is -0.269. The van der Waals surface area contributed by atoms with Gasteiger partial charge in [-0.2, -0.15) is 5.10 Å². The third-order valence-corrected chi connectivity index (χ3v) is 4.77. The number of hydrogen-bond donors (Lipinski definition) is 1. The Morgan fingerprint density at radius 2 is 2.07 bits per heavy atom. The molecule has 0 bridgehead atoms. The molecule has 0 saturated heterocycles. The first-order chi connectivity index (χ1) is 13.7. The van der Waals surface area contributed by atoms with Gasteiger partial charge in [0.1, 0.15) is 0 Å². The van der Waals surface area contributed by atoms with Crippen LogP contribution in [0, 0.1) is 0 Å². The van der Waals surface area contributed by atoms with E-state index in [1.165, 1.54) is 6.20 Å². The minimum Gasteiger partial charge on any atom is -0.369 e. The van der Waals surface area contributed by atoms with Crippen molar-refractivity contribution in [2.75, 3.05) is 34.8 Å². The van der Waals surface area contributed by atoms with Crippen molar-refractivity contribution >= 4 is 23.4 Å². The molecular weight excluding hydrogens is 356 g/mol. The van der Waals surface area contributed by atoms with Gasteiger partial charge < -0.3 is 4.90 Å². The lowest BCUT2D eigenvalue weighted by atomic mass is 10.2. The number of fused-ring (bicyclic) bond motifs is 1. The van der Waals surface area contributed by atoms with Crippen LogP contribution in [-0.4, -0.2) is 50.4 Å².